The van der Waals surface area contributed by atoms with Crippen LogP contribution in [0.5, 0.6) is 0 Å². The van der Waals surface area contributed by atoms with E-state index >= 15 is 0 Å². The zero-order chi connectivity index (χ0) is 14.8. The first-order valence-corrected chi connectivity index (χ1v) is 6.72. The molecule has 0 aliphatic heterocycles. The van der Waals surface area contributed by atoms with Crippen LogP contribution in [0.25, 0.3) is 0 Å². The molecule has 9 heteroatoms. The first-order valence-electron chi connectivity index (χ1n) is 5.23. The highest BCUT2D eigenvalue weighted by Crippen LogP contribution is 2.19. The van der Waals surface area contributed by atoms with Gasteiger partial charge in [-0.2, -0.15) is 5.10 Å². The van der Waals surface area contributed by atoms with Crippen LogP contribution in [0.2, 0.25) is 0 Å². The number of benzene rings is 1. The number of rotatable bonds is 4. The normalized spacial score (nSPS) is 11.1. The molecule has 0 radical (unpaired) electrons. The van der Waals surface area contributed by atoms with Gasteiger partial charge in [0.2, 0.25) is 0 Å². The summed E-state index contributed by atoms with van der Waals surface area (Å²) in [6, 6.07) is 5.24. The summed E-state index contributed by atoms with van der Waals surface area (Å²) in [6.45, 7) is 0. The van der Waals surface area contributed by atoms with Crippen molar-refractivity contribution >= 4 is 21.8 Å². The second-order valence-corrected chi connectivity index (χ2v) is 5.32. The summed E-state index contributed by atoms with van der Waals surface area (Å²) in [5.41, 5.74) is -0.342. The van der Waals surface area contributed by atoms with Gasteiger partial charge < -0.3 is 5.11 Å². The summed E-state index contributed by atoms with van der Waals surface area (Å²) < 4.78 is 39.6. The second-order valence-electron chi connectivity index (χ2n) is 3.66. The van der Waals surface area contributed by atoms with Gasteiger partial charge in [0.05, 0.1) is 5.56 Å². The van der Waals surface area contributed by atoms with Gasteiger partial charge >= 0.3 is 5.97 Å². The van der Waals surface area contributed by atoms with E-state index in [1.807, 2.05) is 4.72 Å². The average molecular weight is 297 g/mol. The summed E-state index contributed by atoms with van der Waals surface area (Å²) in [4.78, 5) is 10.0. The van der Waals surface area contributed by atoms with Crippen molar-refractivity contribution in [2.45, 2.75) is 4.90 Å². The van der Waals surface area contributed by atoms with Crippen molar-refractivity contribution in [2.24, 2.45) is 0 Å². The van der Waals surface area contributed by atoms with E-state index in [2.05, 4.69) is 10.2 Å². The Labute approximate surface area is 113 Å². The number of aromatic nitrogens is 2. The van der Waals surface area contributed by atoms with Crippen molar-refractivity contribution in [3.8, 4) is 0 Å². The number of nitrogens with zero attached hydrogens (tertiary/aromatic N) is 2. The Balaban J connectivity index is 2.44. The van der Waals surface area contributed by atoms with Crippen molar-refractivity contribution in [1.82, 2.24) is 10.2 Å². The van der Waals surface area contributed by atoms with Crippen LogP contribution in [0.4, 0.5) is 10.2 Å². The fourth-order valence-electron chi connectivity index (χ4n) is 1.39. The second kappa shape index (κ2) is 5.21. The number of hydrogen-bond acceptors (Lipinski definition) is 5. The van der Waals surface area contributed by atoms with Gasteiger partial charge in [0.15, 0.2) is 5.82 Å². The fraction of sp³-hybridized carbons (Fsp3) is 0. The minimum Gasteiger partial charge on any atom is -0.478 e. The molecule has 104 valence electrons. The van der Waals surface area contributed by atoms with E-state index < -0.39 is 26.7 Å². The van der Waals surface area contributed by atoms with Crippen LogP contribution in [-0.4, -0.2) is 29.7 Å². The van der Waals surface area contributed by atoms with E-state index in [0.29, 0.717) is 0 Å². The number of nitrogens with one attached hydrogen (secondary N) is 1. The molecule has 0 fully saturated rings. The fourth-order valence-corrected chi connectivity index (χ4v) is 2.49. The van der Waals surface area contributed by atoms with E-state index in [1.54, 1.807) is 0 Å². The minimum absolute atomic E-state index is 0.104. The highest BCUT2D eigenvalue weighted by Gasteiger charge is 2.21. The van der Waals surface area contributed by atoms with E-state index in [1.165, 1.54) is 18.3 Å². The Morgan fingerprint density at radius 3 is 2.65 bits per heavy atom. The van der Waals surface area contributed by atoms with Crippen molar-refractivity contribution in [2.75, 3.05) is 4.72 Å². The Kier molecular flexibility index (Phi) is 3.61. The quantitative estimate of drug-likeness (QED) is 0.875. The Morgan fingerprint density at radius 1 is 1.30 bits per heavy atom. The molecular formula is C11H8FN3O4S. The molecule has 20 heavy (non-hydrogen) atoms. The Hall–Kier alpha value is -2.55. The van der Waals surface area contributed by atoms with E-state index in [-0.39, 0.29) is 11.4 Å². The number of carboxylic acids is 1. The topological polar surface area (TPSA) is 109 Å². The summed E-state index contributed by atoms with van der Waals surface area (Å²) in [5.74, 6) is -2.53. The van der Waals surface area contributed by atoms with Gasteiger partial charge in [-0.05, 0) is 30.3 Å². The third kappa shape index (κ3) is 2.88. The molecular weight excluding hydrogens is 289 g/mol. The van der Waals surface area contributed by atoms with Crippen LogP contribution in [0.3, 0.4) is 0 Å². The van der Waals surface area contributed by atoms with E-state index in [9.17, 15) is 17.6 Å². The first-order chi connectivity index (χ1) is 9.40. The van der Waals surface area contributed by atoms with Crippen LogP contribution in [0.15, 0.2) is 41.4 Å². The molecule has 0 aliphatic carbocycles. The molecule has 2 aromatic rings. The van der Waals surface area contributed by atoms with Gasteiger partial charge in [0, 0.05) is 6.20 Å². The molecule has 0 saturated heterocycles. The van der Waals surface area contributed by atoms with Gasteiger partial charge in [-0.1, -0.05) is 0 Å². The van der Waals surface area contributed by atoms with Gasteiger partial charge in [-0.25, -0.2) is 17.6 Å². The predicted molar refractivity (Wildman–Crippen MR) is 66.2 cm³/mol. The summed E-state index contributed by atoms with van der Waals surface area (Å²) in [5, 5.41) is 15.8. The monoisotopic (exact) mass is 297 g/mol. The average Bonchev–Trinajstić information content (AvgIpc) is 2.39. The molecule has 0 spiro atoms. The lowest BCUT2D eigenvalue weighted by Gasteiger charge is -2.08. The molecule has 2 rings (SSSR count). The molecule has 7 nitrogen and oxygen atoms in total. The largest absolute Gasteiger partial charge is 0.478 e. The number of aromatic carboxylic acids is 1. The third-order valence-corrected chi connectivity index (χ3v) is 3.65. The lowest BCUT2D eigenvalue weighted by Crippen LogP contribution is -2.16. The van der Waals surface area contributed by atoms with Crippen molar-refractivity contribution in [1.29, 1.82) is 0 Å². The number of anilines is 1. The van der Waals surface area contributed by atoms with Crippen LogP contribution < -0.4 is 4.72 Å². The lowest BCUT2D eigenvalue weighted by atomic mass is 10.2. The molecule has 0 atom stereocenters. The molecule has 2 N–H and O–H groups in total. The molecule has 0 amide bonds. The molecule has 0 bridgehead atoms. The van der Waals surface area contributed by atoms with Crippen LogP contribution >= 0.6 is 0 Å². The van der Waals surface area contributed by atoms with Crippen molar-refractivity contribution < 1.29 is 22.7 Å². The van der Waals surface area contributed by atoms with Crippen molar-refractivity contribution in [3.63, 3.8) is 0 Å². The Bertz CT molecular complexity index is 750. The molecule has 0 unspecified atom stereocenters. The lowest BCUT2D eigenvalue weighted by molar-refractivity contribution is 0.0696. The minimum atomic E-state index is -4.29. The Morgan fingerprint density at radius 2 is 2.05 bits per heavy atom. The van der Waals surface area contributed by atoms with Gasteiger partial charge in [-0.15, -0.1) is 5.10 Å². The maximum Gasteiger partial charge on any atom is 0.335 e. The SMILES string of the molecule is O=C(O)c1ccc(F)c(S(=O)(=O)Nc2cccnn2)c1. The zero-order valence-corrected chi connectivity index (χ0v) is 10.6. The summed E-state index contributed by atoms with van der Waals surface area (Å²) in [7, 11) is -4.29. The maximum atomic E-state index is 13.6. The van der Waals surface area contributed by atoms with Crippen LogP contribution in [-0.2, 0) is 10.0 Å². The molecule has 0 aliphatic rings. The number of hydrogen-bond donors (Lipinski definition) is 2. The van der Waals surface area contributed by atoms with Crippen molar-refractivity contribution in [3.05, 3.63) is 47.9 Å². The van der Waals surface area contributed by atoms with E-state index in [0.717, 1.165) is 18.2 Å². The number of sulfonamides is 1. The van der Waals surface area contributed by atoms with Gasteiger partial charge in [-0.3, -0.25) is 4.72 Å². The highest BCUT2D eigenvalue weighted by molar-refractivity contribution is 7.92. The number of carboxylic acid groups (broad SMARTS) is 1. The highest BCUT2D eigenvalue weighted by atomic mass is 32.2. The predicted octanol–water partition coefficient (Wildman–Crippen LogP) is 1.11. The number of carbonyl (C=O) groups is 1. The van der Waals surface area contributed by atoms with Gasteiger partial charge in [0.25, 0.3) is 10.0 Å². The molecule has 1 aromatic heterocycles. The van der Waals surface area contributed by atoms with Gasteiger partial charge in [0.1, 0.15) is 10.7 Å². The van der Waals surface area contributed by atoms with Crippen LogP contribution in [0.1, 0.15) is 10.4 Å². The molecule has 1 heterocycles. The molecule has 1 aromatic carbocycles. The summed E-state index contributed by atoms with van der Waals surface area (Å²) in [6.07, 6.45) is 1.34. The third-order valence-electron chi connectivity index (χ3n) is 2.28. The van der Waals surface area contributed by atoms with E-state index in [4.69, 9.17) is 5.11 Å². The number of halogens is 1. The molecule has 0 saturated carbocycles. The smallest absolute Gasteiger partial charge is 0.335 e. The summed E-state index contributed by atoms with van der Waals surface area (Å²) >= 11 is 0. The zero-order valence-electron chi connectivity index (χ0n) is 9.82. The first kappa shape index (κ1) is 13.9. The van der Waals surface area contributed by atoms with Crippen LogP contribution in [0, 0.1) is 5.82 Å². The maximum absolute atomic E-state index is 13.6. The standard InChI is InChI=1S/C11H8FN3O4S/c12-8-4-3-7(11(16)17)6-9(8)20(18,19)15-10-2-1-5-13-14-10/h1-6H,(H,14,15)(H,16,17).